The van der Waals surface area contributed by atoms with E-state index in [-0.39, 0.29) is 23.9 Å². The van der Waals surface area contributed by atoms with Crippen molar-refractivity contribution in [1.82, 2.24) is 9.62 Å². The predicted octanol–water partition coefficient (Wildman–Crippen LogP) is 2.10. The number of sulfonamides is 1. The Bertz CT molecular complexity index is 769. The second-order valence-electron chi connectivity index (χ2n) is 6.96. The van der Waals surface area contributed by atoms with Crippen LogP contribution < -0.4 is 10.0 Å². The number of amides is 2. The highest BCUT2D eigenvalue weighted by Gasteiger charge is 2.21. The molecule has 0 unspecified atom stereocenters. The number of aryl methyl sites for hydroxylation is 1. The molecule has 2 N–H and O–H groups in total. The molecule has 1 aromatic carbocycles. The second kappa shape index (κ2) is 8.50. The van der Waals surface area contributed by atoms with Crippen LogP contribution in [-0.2, 0) is 19.6 Å². The molecule has 9 heteroatoms. The fraction of sp³-hybridized carbons (Fsp3) is 0.529. The number of nitrogens with one attached hydrogen (secondary N) is 2. The van der Waals surface area contributed by atoms with Gasteiger partial charge in [-0.05, 0) is 45.4 Å². The van der Waals surface area contributed by atoms with Gasteiger partial charge in [0.15, 0.2) is 0 Å². The summed E-state index contributed by atoms with van der Waals surface area (Å²) < 4.78 is 32.7. The summed E-state index contributed by atoms with van der Waals surface area (Å²) in [5.74, 6) is -0.288. The van der Waals surface area contributed by atoms with Gasteiger partial charge in [0.1, 0.15) is 5.60 Å². The Labute approximate surface area is 155 Å². The molecule has 0 saturated carbocycles. The fourth-order valence-corrected chi connectivity index (χ4v) is 3.32. The van der Waals surface area contributed by atoms with Gasteiger partial charge in [0, 0.05) is 32.7 Å². The molecule has 0 radical (unpaired) electrons. The molecule has 0 aromatic heterocycles. The first kappa shape index (κ1) is 21.9. The van der Waals surface area contributed by atoms with Gasteiger partial charge in [0.25, 0.3) is 0 Å². The minimum absolute atomic E-state index is 0.0296. The zero-order chi connectivity index (χ0) is 20.1. The van der Waals surface area contributed by atoms with Crippen molar-refractivity contribution in [2.75, 3.05) is 25.5 Å². The molecule has 0 atom stereocenters. The molecule has 0 bridgehead atoms. The highest BCUT2D eigenvalue weighted by atomic mass is 32.2. The van der Waals surface area contributed by atoms with Crippen molar-refractivity contribution >= 4 is 27.7 Å². The van der Waals surface area contributed by atoms with Crippen LogP contribution in [0, 0.1) is 6.92 Å². The predicted molar refractivity (Wildman–Crippen MR) is 99.5 cm³/mol. The average molecular weight is 385 g/mol. The van der Waals surface area contributed by atoms with E-state index < -0.39 is 21.7 Å². The van der Waals surface area contributed by atoms with E-state index in [0.717, 1.165) is 0 Å². The highest BCUT2D eigenvalue weighted by molar-refractivity contribution is 7.89. The third kappa shape index (κ3) is 7.01. The van der Waals surface area contributed by atoms with Crippen LogP contribution in [0.1, 0.15) is 33.3 Å². The molecule has 0 aliphatic heterocycles. The van der Waals surface area contributed by atoms with Gasteiger partial charge in [-0.1, -0.05) is 6.07 Å². The lowest BCUT2D eigenvalue weighted by Crippen LogP contribution is -2.39. The summed E-state index contributed by atoms with van der Waals surface area (Å²) in [5.41, 5.74) is 0.327. The maximum absolute atomic E-state index is 12.5. The number of nitrogens with zero attached hydrogens (tertiary/aromatic N) is 1. The van der Waals surface area contributed by atoms with E-state index in [4.69, 9.17) is 4.74 Å². The lowest BCUT2D eigenvalue weighted by atomic mass is 10.2. The lowest BCUT2D eigenvalue weighted by molar-refractivity contribution is -0.114. The molecule has 1 rings (SSSR count). The molecule has 2 amide bonds. The van der Waals surface area contributed by atoms with Crippen LogP contribution in [0.4, 0.5) is 10.5 Å². The van der Waals surface area contributed by atoms with Crippen molar-refractivity contribution < 1.29 is 22.7 Å². The largest absolute Gasteiger partial charge is 0.444 e. The Morgan fingerprint density at radius 1 is 1.23 bits per heavy atom. The summed E-state index contributed by atoms with van der Waals surface area (Å²) in [5, 5.41) is 2.55. The van der Waals surface area contributed by atoms with E-state index in [0.29, 0.717) is 11.3 Å². The number of anilines is 1. The molecular formula is C17H27N3O5S. The van der Waals surface area contributed by atoms with Crippen molar-refractivity contribution in [2.24, 2.45) is 0 Å². The number of hydrogen-bond acceptors (Lipinski definition) is 5. The van der Waals surface area contributed by atoms with Crippen LogP contribution in [0.2, 0.25) is 0 Å². The molecule has 26 heavy (non-hydrogen) atoms. The van der Waals surface area contributed by atoms with E-state index >= 15 is 0 Å². The van der Waals surface area contributed by atoms with Gasteiger partial charge in [-0.3, -0.25) is 4.79 Å². The van der Waals surface area contributed by atoms with Gasteiger partial charge >= 0.3 is 6.09 Å². The number of likely N-dealkylation sites (N-methyl/N-ethyl adjacent to an activating group) is 1. The zero-order valence-electron chi connectivity index (χ0n) is 16.0. The summed E-state index contributed by atoms with van der Waals surface area (Å²) in [4.78, 5) is 24.4. The molecule has 0 aliphatic carbocycles. The van der Waals surface area contributed by atoms with Crippen molar-refractivity contribution in [1.29, 1.82) is 0 Å². The summed E-state index contributed by atoms with van der Waals surface area (Å²) in [6, 6.07) is 4.65. The second-order valence-corrected chi connectivity index (χ2v) is 8.70. The Hall–Kier alpha value is -2.13. The molecule has 8 nitrogen and oxygen atoms in total. The van der Waals surface area contributed by atoms with Gasteiger partial charge in [0.05, 0.1) is 4.90 Å². The Balaban J connectivity index is 2.75. The lowest BCUT2D eigenvalue weighted by Gasteiger charge is -2.24. The molecule has 1 aromatic rings. The molecule has 0 aliphatic rings. The maximum atomic E-state index is 12.5. The molecule has 0 spiro atoms. The number of carbonyl (C=O) groups is 2. The molecule has 0 heterocycles. The minimum Gasteiger partial charge on any atom is -0.444 e. The number of benzene rings is 1. The van der Waals surface area contributed by atoms with E-state index in [9.17, 15) is 18.0 Å². The third-order valence-corrected chi connectivity index (χ3v) is 4.85. The first-order valence-corrected chi connectivity index (χ1v) is 9.62. The normalized spacial score (nSPS) is 11.8. The molecule has 0 fully saturated rings. The van der Waals surface area contributed by atoms with E-state index in [1.807, 2.05) is 0 Å². The minimum atomic E-state index is -3.79. The average Bonchev–Trinajstić information content (AvgIpc) is 2.46. The highest BCUT2D eigenvalue weighted by Crippen LogP contribution is 2.20. The topological polar surface area (TPSA) is 105 Å². The quantitative estimate of drug-likeness (QED) is 0.780. The van der Waals surface area contributed by atoms with Gasteiger partial charge in [-0.25, -0.2) is 17.9 Å². The van der Waals surface area contributed by atoms with Crippen molar-refractivity contribution in [3.05, 3.63) is 23.8 Å². The standard InChI is InChI=1S/C17H27N3O5S/c1-12-7-8-14(19-13(2)21)11-15(12)26(23,24)18-9-10-20(6)16(22)25-17(3,4)5/h7-8,11,18H,9-10H2,1-6H3,(H,19,21). The van der Waals surface area contributed by atoms with Crippen LogP contribution in [0.15, 0.2) is 23.1 Å². The van der Waals surface area contributed by atoms with Gasteiger partial charge in [-0.15, -0.1) is 0 Å². The third-order valence-electron chi connectivity index (χ3n) is 3.24. The van der Waals surface area contributed by atoms with Crippen LogP contribution in [-0.4, -0.2) is 51.1 Å². The van der Waals surface area contributed by atoms with E-state index in [2.05, 4.69) is 10.0 Å². The summed E-state index contributed by atoms with van der Waals surface area (Å²) in [6.45, 7) is 8.46. The van der Waals surface area contributed by atoms with Crippen LogP contribution in [0.3, 0.4) is 0 Å². The first-order chi connectivity index (χ1) is 11.8. The number of hydrogen-bond donors (Lipinski definition) is 2. The summed E-state index contributed by atoms with van der Waals surface area (Å²) in [7, 11) is -2.25. The zero-order valence-corrected chi connectivity index (χ0v) is 16.9. The summed E-state index contributed by atoms with van der Waals surface area (Å²) >= 11 is 0. The van der Waals surface area contributed by atoms with Crippen molar-refractivity contribution in [3.63, 3.8) is 0 Å². The smallest absolute Gasteiger partial charge is 0.410 e. The van der Waals surface area contributed by atoms with Crippen molar-refractivity contribution in [3.8, 4) is 0 Å². The SMILES string of the molecule is CC(=O)Nc1ccc(C)c(S(=O)(=O)NCCN(C)C(=O)OC(C)(C)C)c1. The number of carbonyl (C=O) groups excluding carboxylic acids is 2. The number of ether oxygens (including phenoxy) is 1. The molecule has 146 valence electrons. The van der Waals surface area contributed by atoms with Gasteiger partial charge in [0.2, 0.25) is 15.9 Å². The first-order valence-electron chi connectivity index (χ1n) is 8.14. The van der Waals surface area contributed by atoms with Gasteiger partial charge < -0.3 is 15.0 Å². The fourth-order valence-electron chi connectivity index (χ4n) is 2.03. The van der Waals surface area contributed by atoms with Crippen LogP contribution >= 0.6 is 0 Å². The summed E-state index contributed by atoms with van der Waals surface area (Å²) in [6.07, 6.45) is -0.527. The Kier molecular flexibility index (Phi) is 7.16. The molecule has 0 saturated heterocycles. The van der Waals surface area contributed by atoms with E-state index in [1.165, 1.54) is 24.9 Å². The Morgan fingerprint density at radius 2 is 1.85 bits per heavy atom. The van der Waals surface area contributed by atoms with Crippen LogP contribution in [0.5, 0.6) is 0 Å². The maximum Gasteiger partial charge on any atom is 0.410 e. The Morgan fingerprint density at radius 3 is 2.38 bits per heavy atom. The van der Waals surface area contributed by atoms with Crippen LogP contribution in [0.25, 0.3) is 0 Å². The number of rotatable bonds is 6. The van der Waals surface area contributed by atoms with Gasteiger partial charge in [-0.2, -0.15) is 0 Å². The molecular weight excluding hydrogens is 358 g/mol. The monoisotopic (exact) mass is 385 g/mol. The van der Waals surface area contributed by atoms with Crippen molar-refractivity contribution in [2.45, 2.75) is 45.1 Å². The van der Waals surface area contributed by atoms with E-state index in [1.54, 1.807) is 39.8 Å².